The first-order chi connectivity index (χ1) is 6.50. The molecule has 2 nitrogen and oxygen atoms in total. The summed E-state index contributed by atoms with van der Waals surface area (Å²) in [7, 11) is 0. The molecule has 2 heteroatoms. The van der Waals surface area contributed by atoms with E-state index in [2.05, 4.69) is 25.8 Å². The lowest BCUT2D eigenvalue weighted by Gasteiger charge is -2.25. The van der Waals surface area contributed by atoms with E-state index in [0.29, 0.717) is 0 Å². The summed E-state index contributed by atoms with van der Waals surface area (Å²) in [5.74, 6) is 0. The van der Waals surface area contributed by atoms with Crippen molar-refractivity contribution in [2.24, 2.45) is 5.41 Å². The molecule has 1 unspecified atom stereocenters. The molecular weight excluding hydrogens is 174 g/mol. The smallest absolute Gasteiger partial charge is 0.0591 e. The molecule has 0 aliphatic heterocycles. The summed E-state index contributed by atoms with van der Waals surface area (Å²) in [5, 5.41) is 9.83. The average Bonchev–Trinajstić information content (AvgIpc) is 2.14. The third-order valence-corrected chi connectivity index (χ3v) is 2.46. The summed E-state index contributed by atoms with van der Waals surface area (Å²) >= 11 is 0. The van der Waals surface area contributed by atoms with E-state index in [9.17, 15) is 5.11 Å². The van der Waals surface area contributed by atoms with E-state index in [0.717, 1.165) is 12.8 Å². The van der Waals surface area contributed by atoms with Gasteiger partial charge in [-0.15, -0.1) is 0 Å². The number of aryl methyl sites for hydroxylation is 1. The lowest BCUT2D eigenvalue weighted by Crippen LogP contribution is -2.26. The van der Waals surface area contributed by atoms with E-state index in [4.69, 9.17) is 0 Å². The van der Waals surface area contributed by atoms with Crippen molar-refractivity contribution in [2.75, 3.05) is 0 Å². The molecule has 0 saturated carbocycles. The molecule has 1 aromatic heterocycles. The molecule has 0 aliphatic rings. The molecule has 0 spiro atoms. The number of pyridine rings is 1. The Kier molecular flexibility index (Phi) is 3.64. The quantitative estimate of drug-likeness (QED) is 0.799. The van der Waals surface area contributed by atoms with Crippen LogP contribution in [0.1, 0.15) is 32.8 Å². The minimum atomic E-state index is -0.240. The summed E-state index contributed by atoms with van der Waals surface area (Å²) in [6, 6.07) is 3.99. The summed E-state index contributed by atoms with van der Waals surface area (Å²) < 4.78 is 0. The Morgan fingerprint density at radius 3 is 2.36 bits per heavy atom. The summed E-state index contributed by atoms with van der Waals surface area (Å²) in [4.78, 5) is 3.96. The standard InChI is InChI=1S/C12H19NO/c1-12(2,3)11(14)5-4-10-6-8-13-9-7-10/h6-9,11,14H,4-5H2,1-3H3. The van der Waals surface area contributed by atoms with E-state index in [1.807, 2.05) is 12.1 Å². The van der Waals surface area contributed by atoms with Crippen LogP contribution in [0, 0.1) is 5.41 Å². The van der Waals surface area contributed by atoms with E-state index < -0.39 is 0 Å². The number of nitrogens with zero attached hydrogens (tertiary/aromatic N) is 1. The normalized spacial score (nSPS) is 14.0. The lowest BCUT2D eigenvalue weighted by atomic mass is 9.86. The molecule has 0 fully saturated rings. The van der Waals surface area contributed by atoms with E-state index in [1.165, 1.54) is 5.56 Å². The fourth-order valence-corrected chi connectivity index (χ4v) is 1.29. The number of rotatable bonds is 3. The van der Waals surface area contributed by atoms with Gasteiger partial charge in [0, 0.05) is 12.4 Å². The van der Waals surface area contributed by atoms with Gasteiger partial charge in [0.15, 0.2) is 0 Å². The van der Waals surface area contributed by atoms with Gasteiger partial charge in [-0.3, -0.25) is 4.98 Å². The first-order valence-corrected chi connectivity index (χ1v) is 5.07. The van der Waals surface area contributed by atoms with Gasteiger partial charge in [-0.05, 0) is 36.0 Å². The average molecular weight is 193 g/mol. The Morgan fingerprint density at radius 1 is 1.29 bits per heavy atom. The number of hydrogen-bond acceptors (Lipinski definition) is 2. The van der Waals surface area contributed by atoms with Gasteiger partial charge in [-0.25, -0.2) is 0 Å². The van der Waals surface area contributed by atoms with Gasteiger partial charge in [0.1, 0.15) is 0 Å². The predicted molar refractivity (Wildman–Crippen MR) is 58.0 cm³/mol. The third kappa shape index (κ3) is 3.46. The SMILES string of the molecule is CC(C)(C)C(O)CCc1ccncc1. The van der Waals surface area contributed by atoms with Crippen LogP contribution in [-0.2, 0) is 6.42 Å². The van der Waals surface area contributed by atoms with E-state index >= 15 is 0 Å². The highest BCUT2D eigenvalue weighted by Crippen LogP contribution is 2.22. The number of aliphatic hydroxyl groups is 1. The molecule has 1 N–H and O–H groups in total. The zero-order valence-electron chi connectivity index (χ0n) is 9.20. The van der Waals surface area contributed by atoms with Gasteiger partial charge in [0.2, 0.25) is 0 Å². The highest BCUT2D eigenvalue weighted by molar-refractivity contribution is 5.09. The maximum atomic E-state index is 9.83. The minimum Gasteiger partial charge on any atom is -0.393 e. The van der Waals surface area contributed by atoms with Crippen LogP contribution >= 0.6 is 0 Å². The van der Waals surface area contributed by atoms with Crippen molar-refractivity contribution >= 4 is 0 Å². The van der Waals surface area contributed by atoms with Crippen molar-refractivity contribution in [3.8, 4) is 0 Å². The Morgan fingerprint density at radius 2 is 1.86 bits per heavy atom. The monoisotopic (exact) mass is 193 g/mol. The first-order valence-electron chi connectivity index (χ1n) is 5.07. The van der Waals surface area contributed by atoms with E-state index in [1.54, 1.807) is 12.4 Å². The van der Waals surface area contributed by atoms with Crippen LogP contribution in [0.4, 0.5) is 0 Å². The van der Waals surface area contributed by atoms with E-state index in [-0.39, 0.29) is 11.5 Å². The van der Waals surface area contributed by atoms with Crippen LogP contribution in [0.25, 0.3) is 0 Å². The highest BCUT2D eigenvalue weighted by atomic mass is 16.3. The number of aliphatic hydroxyl groups excluding tert-OH is 1. The molecule has 0 aromatic carbocycles. The molecule has 0 radical (unpaired) electrons. The molecule has 0 saturated heterocycles. The van der Waals surface area contributed by atoms with Gasteiger partial charge in [-0.2, -0.15) is 0 Å². The van der Waals surface area contributed by atoms with Crippen molar-refractivity contribution in [1.29, 1.82) is 0 Å². The van der Waals surface area contributed by atoms with Crippen LogP contribution in [-0.4, -0.2) is 16.2 Å². The van der Waals surface area contributed by atoms with Crippen LogP contribution in [0.2, 0.25) is 0 Å². The van der Waals surface area contributed by atoms with Crippen LogP contribution in [0.15, 0.2) is 24.5 Å². The number of aromatic nitrogens is 1. The summed E-state index contributed by atoms with van der Waals surface area (Å²) in [5.41, 5.74) is 1.22. The van der Waals surface area contributed by atoms with Gasteiger partial charge >= 0.3 is 0 Å². The fraction of sp³-hybridized carbons (Fsp3) is 0.583. The van der Waals surface area contributed by atoms with Gasteiger partial charge < -0.3 is 5.11 Å². The molecular formula is C12H19NO. The second-order valence-corrected chi connectivity index (χ2v) is 4.78. The Balaban J connectivity index is 2.42. The molecule has 1 aromatic rings. The lowest BCUT2D eigenvalue weighted by molar-refractivity contribution is 0.0560. The van der Waals surface area contributed by atoms with Crippen molar-refractivity contribution in [3.05, 3.63) is 30.1 Å². The second kappa shape index (κ2) is 4.56. The Hall–Kier alpha value is -0.890. The Bertz CT molecular complexity index is 263. The van der Waals surface area contributed by atoms with Gasteiger partial charge in [0.25, 0.3) is 0 Å². The maximum Gasteiger partial charge on any atom is 0.0591 e. The van der Waals surface area contributed by atoms with Crippen LogP contribution in [0.3, 0.4) is 0 Å². The molecule has 78 valence electrons. The van der Waals surface area contributed by atoms with Gasteiger partial charge in [-0.1, -0.05) is 20.8 Å². The predicted octanol–water partition coefficient (Wildman–Crippen LogP) is 2.42. The Labute approximate surface area is 86.0 Å². The van der Waals surface area contributed by atoms with Crippen LogP contribution in [0.5, 0.6) is 0 Å². The maximum absolute atomic E-state index is 9.83. The molecule has 1 rings (SSSR count). The van der Waals surface area contributed by atoms with Crippen molar-refractivity contribution in [1.82, 2.24) is 4.98 Å². The molecule has 14 heavy (non-hydrogen) atoms. The second-order valence-electron chi connectivity index (χ2n) is 4.78. The van der Waals surface area contributed by atoms with Crippen LogP contribution < -0.4 is 0 Å². The van der Waals surface area contributed by atoms with Crippen molar-refractivity contribution in [3.63, 3.8) is 0 Å². The first kappa shape index (κ1) is 11.2. The summed E-state index contributed by atoms with van der Waals surface area (Å²) in [6.45, 7) is 6.18. The zero-order chi connectivity index (χ0) is 10.6. The van der Waals surface area contributed by atoms with Crippen molar-refractivity contribution < 1.29 is 5.11 Å². The third-order valence-electron chi connectivity index (χ3n) is 2.46. The topological polar surface area (TPSA) is 33.1 Å². The molecule has 1 heterocycles. The fourth-order valence-electron chi connectivity index (χ4n) is 1.29. The number of hydrogen-bond donors (Lipinski definition) is 1. The molecule has 0 amide bonds. The molecule has 0 aliphatic carbocycles. The zero-order valence-corrected chi connectivity index (χ0v) is 9.20. The summed E-state index contributed by atoms with van der Waals surface area (Å²) in [6.07, 6.45) is 5.07. The molecule has 1 atom stereocenters. The largest absolute Gasteiger partial charge is 0.393 e. The van der Waals surface area contributed by atoms with Gasteiger partial charge in [0.05, 0.1) is 6.10 Å². The highest BCUT2D eigenvalue weighted by Gasteiger charge is 2.21. The van der Waals surface area contributed by atoms with Crippen molar-refractivity contribution in [2.45, 2.75) is 39.7 Å². The minimum absolute atomic E-state index is 0.0208. The molecule has 0 bridgehead atoms.